The number of aromatic nitrogens is 1. The Morgan fingerprint density at radius 3 is 2.36 bits per heavy atom. The predicted octanol–water partition coefficient (Wildman–Crippen LogP) is 1.35. The van der Waals surface area contributed by atoms with Gasteiger partial charge in [0.25, 0.3) is 0 Å². The molecule has 1 rings (SSSR count). The number of hydrogen-bond acceptors (Lipinski definition) is 5. The van der Waals surface area contributed by atoms with Gasteiger partial charge in [0.15, 0.2) is 0 Å². The van der Waals surface area contributed by atoms with Gasteiger partial charge in [-0.15, -0.1) is 0 Å². The second-order valence-electron chi connectivity index (χ2n) is 4.47. The zero-order valence-corrected chi connectivity index (χ0v) is 13.2. The maximum Gasteiger partial charge on any atom is 0.347 e. The highest BCUT2D eigenvalue weighted by Gasteiger charge is 2.30. The van der Waals surface area contributed by atoms with Crippen molar-refractivity contribution in [2.24, 2.45) is 0 Å². The van der Waals surface area contributed by atoms with Gasteiger partial charge >= 0.3 is 11.9 Å². The molecule has 0 saturated heterocycles. The molecule has 8 heteroatoms. The number of carboxylic acid groups (broad SMARTS) is 1. The molecule has 1 heterocycles. The highest BCUT2D eigenvalue weighted by Crippen LogP contribution is 2.27. The third-order valence-corrected chi connectivity index (χ3v) is 3.27. The van der Waals surface area contributed by atoms with Crippen molar-refractivity contribution in [3.05, 3.63) is 22.3 Å². The number of nitrogens with one attached hydrogen (secondary N) is 1. The van der Waals surface area contributed by atoms with Crippen LogP contribution in [0.5, 0.6) is 5.88 Å². The lowest BCUT2D eigenvalue weighted by Crippen LogP contribution is -2.47. The van der Waals surface area contributed by atoms with Crippen molar-refractivity contribution in [3.8, 4) is 5.88 Å². The molecule has 1 unspecified atom stereocenters. The van der Waals surface area contributed by atoms with Crippen molar-refractivity contribution in [1.82, 2.24) is 10.3 Å². The van der Waals surface area contributed by atoms with Crippen LogP contribution in [0.3, 0.4) is 0 Å². The lowest BCUT2D eigenvalue weighted by molar-refractivity contribution is -0.151. The molecular weight excluding hydrogens is 312 g/mol. The third-order valence-electron chi connectivity index (χ3n) is 2.94. The highest BCUT2D eigenvalue weighted by molar-refractivity contribution is 6.31. The van der Waals surface area contributed by atoms with Gasteiger partial charge in [0.05, 0.1) is 5.02 Å². The fourth-order valence-electron chi connectivity index (χ4n) is 1.96. The fourth-order valence-corrected chi connectivity index (χ4v) is 2.25. The number of hydrogen-bond donors (Lipinski definition) is 2. The van der Waals surface area contributed by atoms with Gasteiger partial charge in [0.2, 0.25) is 17.8 Å². The SMILES string of the molecule is CCc1c(Cl)cnc(OC(=O)C(NC(C)=O)C(=O)O)c1CC. The van der Waals surface area contributed by atoms with Gasteiger partial charge in [-0.1, -0.05) is 25.4 Å². The lowest BCUT2D eigenvalue weighted by atomic mass is 10.1. The van der Waals surface area contributed by atoms with Gasteiger partial charge in [-0.3, -0.25) is 4.79 Å². The number of carbonyl (C=O) groups is 3. The molecule has 0 radical (unpaired) electrons. The normalized spacial score (nSPS) is 11.6. The van der Waals surface area contributed by atoms with Crippen LogP contribution in [0, 0.1) is 0 Å². The van der Waals surface area contributed by atoms with E-state index in [2.05, 4.69) is 4.98 Å². The van der Waals surface area contributed by atoms with Crippen molar-refractivity contribution < 1.29 is 24.2 Å². The first-order valence-corrected chi connectivity index (χ1v) is 7.07. The Morgan fingerprint density at radius 1 is 1.32 bits per heavy atom. The van der Waals surface area contributed by atoms with Crippen molar-refractivity contribution in [2.45, 2.75) is 39.7 Å². The summed E-state index contributed by atoms with van der Waals surface area (Å²) in [6.45, 7) is 4.84. The number of rotatable bonds is 6. The molecule has 1 amide bonds. The second kappa shape index (κ2) is 7.74. The molecule has 0 fully saturated rings. The Hall–Kier alpha value is -2.15. The number of pyridine rings is 1. The monoisotopic (exact) mass is 328 g/mol. The molecule has 0 spiro atoms. The van der Waals surface area contributed by atoms with Crippen molar-refractivity contribution in [3.63, 3.8) is 0 Å². The Bertz CT molecular complexity index is 603. The van der Waals surface area contributed by atoms with E-state index < -0.39 is 23.9 Å². The quantitative estimate of drug-likeness (QED) is 0.603. The van der Waals surface area contributed by atoms with Crippen molar-refractivity contribution in [2.75, 3.05) is 0 Å². The minimum atomic E-state index is -1.79. The Labute approximate surface area is 132 Å². The maximum absolute atomic E-state index is 12.0. The van der Waals surface area contributed by atoms with E-state index in [4.69, 9.17) is 21.4 Å². The number of carboxylic acids is 1. The summed E-state index contributed by atoms with van der Waals surface area (Å²) in [5, 5.41) is 11.4. The number of halogens is 1. The molecule has 0 bridgehead atoms. The zero-order valence-electron chi connectivity index (χ0n) is 12.5. The van der Waals surface area contributed by atoms with E-state index in [1.807, 2.05) is 19.2 Å². The Kier molecular flexibility index (Phi) is 6.30. The van der Waals surface area contributed by atoms with E-state index in [1.165, 1.54) is 6.20 Å². The number of esters is 1. The molecular formula is C14H17ClN2O5. The van der Waals surface area contributed by atoms with Crippen molar-refractivity contribution >= 4 is 29.4 Å². The summed E-state index contributed by atoms with van der Waals surface area (Å²) < 4.78 is 5.05. The molecule has 1 aromatic heterocycles. The molecule has 7 nitrogen and oxygen atoms in total. The average molecular weight is 329 g/mol. The molecule has 0 aliphatic carbocycles. The number of ether oxygens (including phenoxy) is 1. The summed E-state index contributed by atoms with van der Waals surface area (Å²) in [5.41, 5.74) is 1.42. The summed E-state index contributed by atoms with van der Waals surface area (Å²) >= 11 is 6.04. The fraction of sp³-hybridized carbons (Fsp3) is 0.429. The van der Waals surface area contributed by atoms with Crippen LogP contribution in [0.4, 0.5) is 0 Å². The first-order valence-electron chi connectivity index (χ1n) is 6.69. The summed E-state index contributed by atoms with van der Waals surface area (Å²) in [6, 6.07) is -1.79. The summed E-state index contributed by atoms with van der Waals surface area (Å²) in [5.74, 6) is -3.28. The molecule has 1 aromatic rings. The van der Waals surface area contributed by atoms with Crippen LogP contribution in [0.1, 0.15) is 31.9 Å². The first-order chi connectivity index (χ1) is 10.3. The van der Waals surface area contributed by atoms with Crippen LogP contribution in [0.15, 0.2) is 6.20 Å². The average Bonchev–Trinajstić information content (AvgIpc) is 2.45. The van der Waals surface area contributed by atoms with Crippen molar-refractivity contribution in [1.29, 1.82) is 0 Å². The summed E-state index contributed by atoms with van der Waals surface area (Å²) in [6.07, 6.45) is 2.47. The number of amides is 1. The smallest absolute Gasteiger partial charge is 0.347 e. The molecule has 0 aliphatic rings. The number of aliphatic carboxylic acids is 1. The third kappa shape index (κ3) is 4.17. The van der Waals surface area contributed by atoms with Gasteiger partial charge in [-0.25, -0.2) is 14.6 Å². The van der Waals surface area contributed by atoms with Crippen LogP contribution in [0.2, 0.25) is 5.02 Å². The van der Waals surface area contributed by atoms with E-state index in [0.29, 0.717) is 23.4 Å². The zero-order chi connectivity index (χ0) is 16.9. The molecule has 0 aliphatic heterocycles. The molecule has 0 aromatic carbocycles. The van der Waals surface area contributed by atoms with Crippen LogP contribution in [-0.4, -0.2) is 34.0 Å². The second-order valence-corrected chi connectivity index (χ2v) is 4.88. The predicted molar refractivity (Wildman–Crippen MR) is 78.9 cm³/mol. The van der Waals surface area contributed by atoms with E-state index >= 15 is 0 Å². The Balaban J connectivity index is 3.10. The minimum Gasteiger partial charge on any atom is -0.479 e. The number of nitrogens with zero attached hydrogens (tertiary/aromatic N) is 1. The molecule has 22 heavy (non-hydrogen) atoms. The topological polar surface area (TPSA) is 106 Å². The van der Waals surface area contributed by atoms with Gasteiger partial charge in [-0.2, -0.15) is 0 Å². The van der Waals surface area contributed by atoms with E-state index in [-0.39, 0.29) is 5.88 Å². The standard InChI is InChI=1S/C14H17ClN2O5/c1-4-8-9(5-2)12(16-6-10(8)15)22-14(21)11(13(19)20)17-7(3)18/h6,11H,4-5H2,1-3H3,(H,17,18)(H,19,20). The largest absolute Gasteiger partial charge is 0.479 e. The van der Waals surface area contributed by atoms with Crippen LogP contribution < -0.4 is 10.1 Å². The van der Waals surface area contributed by atoms with Crippen LogP contribution in [0.25, 0.3) is 0 Å². The maximum atomic E-state index is 12.0. The highest BCUT2D eigenvalue weighted by atomic mass is 35.5. The molecule has 2 N–H and O–H groups in total. The lowest BCUT2D eigenvalue weighted by Gasteiger charge is -2.15. The van der Waals surface area contributed by atoms with Crippen LogP contribution >= 0.6 is 11.6 Å². The minimum absolute atomic E-state index is 0.00496. The summed E-state index contributed by atoms with van der Waals surface area (Å²) in [4.78, 5) is 37.9. The van der Waals surface area contributed by atoms with Gasteiger partial charge in [-0.05, 0) is 18.4 Å². The number of carbonyl (C=O) groups excluding carboxylic acids is 2. The molecule has 120 valence electrons. The van der Waals surface area contributed by atoms with Gasteiger partial charge < -0.3 is 15.2 Å². The van der Waals surface area contributed by atoms with E-state index in [1.54, 1.807) is 0 Å². The summed E-state index contributed by atoms with van der Waals surface area (Å²) in [7, 11) is 0. The van der Waals surface area contributed by atoms with Gasteiger partial charge in [0, 0.05) is 18.7 Å². The van der Waals surface area contributed by atoms with Gasteiger partial charge in [0.1, 0.15) is 0 Å². The molecule has 0 saturated carbocycles. The molecule has 1 atom stereocenters. The Morgan fingerprint density at radius 2 is 1.91 bits per heavy atom. The van der Waals surface area contributed by atoms with E-state index in [9.17, 15) is 14.4 Å². The van der Waals surface area contributed by atoms with E-state index in [0.717, 1.165) is 12.5 Å². The first kappa shape index (κ1) is 17.9. The van der Waals surface area contributed by atoms with Crippen LogP contribution in [-0.2, 0) is 27.2 Å².